The van der Waals surface area contributed by atoms with Crippen LogP contribution >= 0.6 is 11.8 Å². The second kappa shape index (κ2) is 9.27. The average Bonchev–Trinajstić information content (AvgIpc) is 2.76. The Kier molecular flexibility index (Phi) is 6.46. The fourth-order valence-electron chi connectivity index (χ4n) is 4.32. The molecule has 1 aliphatic rings. The molecule has 0 aliphatic heterocycles. The summed E-state index contributed by atoms with van der Waals surface area (Å²) < 4.78 is 1.68. The summed E-state index contributed by atoms with van der Waals surface area (Å²) in [7, 11) is 0. The number of thioether (sulfide) groups is 1. The van der Waals surface area contributed by atoms with Gasteiger partial charge < -0.3 is 5.32 Å². The highest BCUT2D eigenvalue weighted by atomic mass is 32.2. The van der Waals surface area contributed by atoms with Crippen LogP contribution in [0.3, 0.4) is 0 Å². The molecular weight excluding hydrogens is 406 g/mol. The van der Waals surface area contributed by atoms with Crippen molar-refractivity contribution in [2.75, 3.05) is 0 Å². The largest absolute Gasteiger partial charge is 0.352 e. The summed E-state index contributed by atoms with van der Waals surface area (Å²) in [6.07, 6.45) is 5.68. The fourth-order valence-corrected chi connectivity index (χ4v) is 5.25. The molecule has 4 rings (SSSR count). The van der Waals surface area contributed by atoms with E-state index in [2.05, 4.69) is 5.32 Å². The summed E-state index contributed by atoms with van der Waals surface area (Å²) in [5, 5.41) is 3.97. The van der Waals surface area contributed by atoms with Crippen LogP contribution in [0.25, 0.3) is 16.6 Å². The molecule has 0 spiro atoms. The number of amides is 1. The molecular formula is C25H29N3O2S. The van der Waals surface area contributed by atoms with E-state index >= 15 is 0 Å². The zero-order chi connectivity index (χ0) is 22.0. The summed E-state index contributed by atoms with van der Waals surface area (Å²) in [5.74, 6) is 0.00682. The van der Waals surface area contributed by atoms with Gasteiger partial charge in [-0.15, -0.1) is 0 Å². The first kappa shape index (κ1) is 21.6. The maximum absolute atomic E-state index is 13.5. The maximum atomic E-state index is 13.5. The highest BCUT2D eigenvalue weighted by Crippen LogP contribution is 2.28. The van der Waals surface area contributed by atoms with Crippen LogP contribution in [0.5, 0.6) is 0 Å². The molecule has 162 valence electrons. The molecule has 1 aromatic heterocycles. The normalized spacial score (nSPS) is 15.7. The smallest absolute Gasteiger partial charge is 0.266 e. The van der Waals surface area contributed by atoms with Crippen LogP contribution < -0.4 is 10.9 Å². The number of para-hydroxylation sites is 2. The highest BCUT2D eigenvalue weighted by molar-refractivity contribution is 8.00. The van der Waals surface area contributed by atoms with Gasteiger partial charge in [0.25, 0.3) is 5.56 Å². The third-order valence-electron chi connectivity index (χ3n) is 6.01. The number of nitrogens with zero attached hydrogens (tertiary/aromatic N) is 2. The van der Waals surface area contributed by atoms with Gasteiger partial charge in [-0.3, -0.25) is 14.2 Å². The number of nitrogens with one attached hydrogen (secondary N) is 1. The number of fused-ring (bicyclic) bond motifs is 1. The van der Waals surface area contributed by atoms with Crippen LogP contribution in [0.4, 0.5) is 0 Å². The van der Waals surface area contributed by atoms with Crippen LogP contribution in [0.1, 0.15) is 50.2 Å². The molecule has 6 heteroatoms. The Bertz CT molecular complexity index is 1140. The van der Waals surface area contributed by atoms with Crippen LogP contribution in [0, 0.1) is 13.8 Å². The van der Waals surface area contributed by atoms with Crippen molar-refractivity contribution in [2.24, 2.45) is 0 Å². The van der Waals surface area contributed by atoms with Crippen molar-refractivity contribution in [1.82, 2.24) is 14.9 Å². The lowest BCUT2D eigenvalue weighted by atomic mass is 9.95. The number of aryl methyl sites for hydroxylation is 2. The third kappa shape index (κ3) is 4.54. The van der Waals surface area contributed by atoms with Crippen LogP contribution in [-0.2, 0) is 4.79 Å². The zero-order valence-electron chi connectivity index (χ0n) is 18.4. The van der Waals surface area contributed by atoms with Crippen molar-refractivity contribution in [3.05, 3.63) is 63.9 Å². The zero-order valence-corrected chi connectivity index (χ0v) is 19.2. The second-order valence-corrected chi connectivity index (χ2v) is 9.70. The number of carbonyl (C=O) groups is 1. The quantitative estimate of drug-likeness (QED) is 0.456. The molecule has 1 unspecified atom stereocenters. The Morgan fingerprint density at radius 1 is 1.06 bits per heavy atom. The number of hydrogen-bond acceptors (Lipinski definition) is 4. The molecule has 1 heterocycles. The number of hydrogen-bond donors (Lipinski definition) is 1. The van der Waals surface area contributed by atoms with Gasteiger partial charge in [0.1, 0.15) is 0 Å². The Morgan fingerprint density at radius 3 is 2.45 bits per heavy atom. The molecule has 1 fully saturated rings. The molecule has 1 amide bonds. The summed E-state index contributed by atoms with van der Waals surface area (Å²) in [6.45, 7) is 5.88. The van der Waals surface area contributed by atoms with Crippen molar-refractivity contribution < 1.29 is 4.79 Å². The van der Waals surface area contributed by atoms with Gasteiger partial charge >= 0.3 is 0 Å². The summed E-state index contributed by atoms with van der Waals surface area (Å²) in [4.78, 5) is 31.2. The third-order valence-corrected chi connectivity index (χ3v) is 7.06. The second-order valence-electron chi connectivity index (χ2n) is 8.40. The lowest BCUT2D eigenvalue weighted by Crippen LogP contribution is -2.40. The van der Waals surface area contributed by atoms with Crippen LogP contribution in [-0.4, -0.2) is 26.8 Å². The molecule has 3 aromatic rings. The minimum Gasteiger partial charge on any atom is -0.352 e. The van der Waals surface area contributed by atoms with Crippen LogP contribution in [0.15, 0.2) is 52.4 Å². The average molecular weight is 436 g/mol. The van der Waals surface area contributed by atoms with E-state index in [1.165, 1.54) is 31.0 Å². The van der Waals surface area contributed by atoms with Gasteiger partial charge in [0.05, 0.1) is 21.8 Å². The predicted octanol–water partition coefficient (Wildman–Crippen LogP) is 4.93. The number of aromatic nitrogens is 2. The van der Waals surface area contributed by atoms with Crippen molar-refractivity contribution in [3.8, 4) is 5.69 Å². The molecule has 1 N–H and O–H groups in total. The summed E-state index contributed by atoms with van der Waals surface area (Å²) >= 11 is 1.35. The van der Waals surface area contributed by atoms with E-state index < -0.39 is 0 Å². The van der Waals surface area contributed by atoms with Gasteiger partial charge in [-0.1, -0.05) is 61.4 Å². The standard InChI is InChI=1S/C25H29N3O2S/c1-16-10-9-11-17(2)22(16)28-24(30)20-14-7-8-15-21(20)27-25(28)31-18(3)23(29)26-19-12-5-4-6-13-19/h7-11,14-15,18-19H,4-6,12-13H2,1-3H3,(H,26,29). The molecule has 1 atom stereocenters. The van der Waals surface area contributed by atoms with Gasteiger partial charge in [-0.05, 0) is 56.9 Å². The lowest BCUT2D eigenvalue weighted by Gasteiger charge is -2.24. The van der Waals surface area contributed by atoms with Gasteiger partial charge in [-0.2, -0.15) is 0 Å². The molecule has 2 aromatic carbocycles. The van der Waals surface area contributed by atoms with Gasteiger partial charge in [0.2, 0.25) is 5.91 Å². The summed E-state index contributed by atoms with van der Waals surface area (Å²) in [5.41, 5.74) is 3.39. The summed E-state index contributed by atoms with van der Waals surface area (Å²) in [6, 6.07) is 13.6. The highest BCUT2D eigenvalue weighted by Gasteiger charge is 2.24. The molecule has 0 bridgehead atoms. The van der Waals surface area contributed by atoms with Crippen molar-refractivity contribution in [2.45, 2.75) is 69.3 Å². The van der Waals surface area contributed by atoms with Gasteiger partial charge in [-0.25, -0.2) is 4.98 Å². The van der Waals surface area contributed by atoms with E-state index in [4.69, 9.17) is 4.98 Å². The van der Waals surface area contributed by atoms with E-state index in [-0.39, 0.29) is 22.8 Å². The van der Waals surface area contributed by atoms with E-state index in [0.717, 1.165) is 29.7 Å². The Hall–Kier alpha value is -2.60. The first-order valence-electron chi connectivity index (χ1n) is 11.0. The molecule has 1 aliphatic carbocycles. The van der Waals surface area contributed by atoms with Crippen molar-refractivity contribution in [1.29, 1.82) is 0 Å². The minimum atomic E-state index is -0.356. The lowest BCUT2D eigenvalue weighted by molar-refractivity contribution is -0.121. The van der Waals surface area contributed by atoms with Gasteiger partial charge in [0.15, 0.2) is 5.16 Å². The molecule has 1 saturated carbocycles. The van der Waals surface area contributed by atoms with E-state index in [1.807, 2.05) is 63.2 Å². The number of rotatable bonds is 5. The maximum Gasteiger partial charge on any atom is 0.266 e. The van der Waals surface area contributed by atoms with Gasteiger partial charge in [0, 0.05) is 6.04 Å². The van der Waals surface area contributed by atoms with E-state index in [1.54, 1.807) is 4.57 Å². The molecule has 5 nitrogen and oxygen atoms in total. The number of carbonyl (C=O) groups excluding carboxylic acids is 1. The van der Waals surface area contributed by atoms with Crippen molar-refractivity contribution >= 4 is 28.6 Å². The van der Waals surface area contributed by atoms with Crippen molar-refractivity contribution in [3.63, 3.8) is 0 Å². The van der Waals surface area contributed by atoms with Crippen LogP contribution in [0.2, 0.25) is 0 Å². The van der Waals surface area contributed by atoms with E-state index in [9.17, 15) is 9.59 Å². The topological polar surface area (TPSA) is 64.0 Å². The minimum absolute atomic E-state index is 0.00682. The van der Waals surface area contributed by atoms with E-state index in [0.29, 0.717) is 16.1 Å². The number of benzene rings is 2. The Morgan fingerprint density at radius 2 is 1.74 bits per heavy atom. The molecule has 0 saturated heterocycles. The Labute approximate surface area is 187 Å². The fraction of sp³-hybridized carbons (Fsp3) is 0.400. The predicted molar refractivity (Wildman–Crippen MR) is 127 cm³/mol. The monoisotopic (exact) mass is 435 g/mol. The SMILES string of the molecule is Cc1cccc(C)c1-n1c(SC(C)C(=O)NC2CCCCC2)nc2ccccc2c1=O. The Balaban J connectivity index is 1.74. The molecule has 0 radical (unpaired) electrons. The first-order valence-corrected chi connectivity index (χ1v) is 11.9. The first-order chi connectivity index (χ1) is 15.0. The molecule has 31 heavy (non-hydrogen) atoms.